The topological polar surface area (TPSA) is 40.5 Å². The van der Waals surface area contributed by atoms with E-state index < -0.39 is 5.97 Å². The molecule has 0 aliphatic rings. The molecular formula is C17H27NO2. The van der Waals surface area contributed by atoms with Crippen LogP contribution in [0.1, 0.15) is 56.5 Å². The van der Waals surface area contributed by atoms with E-state index in [4.69, 9.17) is 0 Å². The van der Waals surface area contributed by atoms with E-state index in [-0.39, 0.29) is 0 Å². The van der Waals surface area contributed by atoms with Gasteiger partial charge in [-0.15, -0.1) is 0 Å². The van der Waals surface area contributed by atoms with Crippen molar-refractivity contribution in [1.82, 2.24) is 0 Å². The third-order valence-electron chi connectivity index (χ3n) is 3.64. The Kier molecular flexibility index (Phi) is 6.05. The van der Waals surface area contributed by atoms with Gasteiger partial charge in [0.05, 0.1) is 11.3 Å². The Morgan fingerprint density at radius 2 is 1.85 bits per heavy atom. The van der Waals surface area contributed by atoms with Crippen molar-refractivity contribution in [2.45, 2.75) is 53.5 Å². The number of nitrogens with zero attached hydrogens (tertiary/aromatic N) is 1. The lowest BCUT2D eigenvalue weighted by Crippen LogP contribution is -2.38. The van der Waals surface area contributed by atoms with E-state index in [0.717, 1.165) is 30.6 Å². The summed E-state index contributed by atoms with van der Waals surface area (Å²) in [6.07, 6.45) is 2.05. The molecule has 3 heteroatoms. The number of hydrogen-bond donors (Lipinski definition) is 1. The second-order valence-corrected chi connectivity index (χ2v) is 5.84. The molecule has 20 heavy (non-hydrogen) atoms. The standard InChI is InChI=1S/C17H27NO2/c1-6-14(7-2)18(11-12(3)4)16-9-8-13(5)10-15(16)17(19)20/h8-10,12,14H,6-7,11H2,1-5H3,(H,19,20). The molecule has 0 radical (unpaired) electrons. The van der Waals surface area contributed by atoms with E-state index in [1.54, 1.807) is 6.07 Å². The van der Waals surface area contributed by atoms with Crippen LogP contribution in [-0.4, -0.2) is 23.7 Å². The molecule has 0 saturated carbocycles. The maximum absolute atomic E-state index is 11.5. The highest BCUT2D eigenvalue weighted by Gasteiger charge is 2.22. The van der Waals surface area contributed by atoms with Crippen LogP contribution < -0.4 is 4.90 Å². The van der Waals surface area contributed by atoms with Crippen molar-refractivity contribution in [3.63, 3.8) is 0 Å². The highest BCUT2D eigenvalue weighted by Crippen LogP contribution is 2.27. The van der Waals surface area contributed by atoms with Gasteiger partial charge in [-0.25, -0.2) is 4.79 Å². The van der Waals surface area contributed by atoms with Gasteiger partial charge in [-0.1, -0.05) is 39.3 Å². The Hall–Kier alpha value is -1.51. The summed E-state index contributed by atoms with van der Waals surface area (Å²) >= 11 is 0. The molecule has 1 aromatic carbocycles. The van der Waals surface area contributed by atoms with E-state index in [0.29, 0.717) is 17.5 Å². The number of aryl methyl sites for hydroxylation is 1. The van der Waals surface area contributed by atoms with Crippen molar-refractivity contribution in [3.05, 3.63) is 29.3 Å². The van der Waals surface area contributed by atoms with E-state index in [9.17, 15) is 9.90 Å². The molecule has 112 valence electrons. The molecule has 0 fully saturated rings. The van der Waals surface area contributed by atoms with E-state index >= 15 is 0 Å². The van der Waals surface area contributed by atoms with Crippen molar-refractivity contribution in [1.29, 1.82) is 0 Å². The summed E-state index contributed by atoms with van der Waals surface area (Å²) in [5.41, 5.74) is 2.25. The fourth-order valence-corrected chi connectivity index (χ4v) is 2.64. The van der Waals surface area contributed by atoms with Crippen molar-refractivity contribution in [2.75, 3.05) is 11.4 Å². The van der Waals surface area contributed by atoms with Crippen molar-refractivity contribution < 1.29 is 9.90 Å². The van der Waals surface area contributed by atoms with Crippen molar-refractivity contribution in [3.8, 4) is 0 Å². The minimum atomic E-state index is -0.844. The highest BCUT2D eigenvalue weighted by molar-refractivity contribution is 5.94. The first-order chi connectivity index (χ1) is 9.40. The Bertz CT molecular complexity index is 450. The molecule has 0 amide bonds. The van der Waals surface area contributed by atoms with Gasteiger partial charge in [0, 0.05) is 12.6 Å². The first-order valence-electron chi connectivity index (χ1n) is 7.51. The molecule has 0 atom stereocenters. The number of anilines is 1. The Labute approximate surface area is 122 Å². The fraction of sp³-hybridized carbons (Fsp3) is 0.588. The summed E-state index contributed by atoms with van der Waals surface area (Å²) in [6, 6.07) is 6.11. The van der Waals surface area contributed by atoms with Crippen LogP contribution in [0.15, 0.2) is 18.2 Å². The average Bonchev–Trinajstić information content (AvgIpc) is 2.38. The zero-order valence-corrected chi connectivity index (χ0v) is 13.3. The van der Waals surface area contributed by atoms with Crippen LogP contribution >= 0.6 is 0 Å². The Morgan fingerprint density at radius 1 is 1.25 bits per heavy atom. The Balaban J connectivity index is 3.28. The van der Waals surface area contributed by atoms with Gasteiger partial charge in [-0.2, -0.15) is 0 Å². The molecule has 0 aromatic heterocycles. The predicted molar refractivity (Wildman–Crippen MR) is 84.7 cm³/mol. The van der Waals surface area contributed by atoms with Gasteiger partial charge in [-0.3, -0.25) is 0 Å². The zero-order chi connectivity index (χ0) is 15.3. The highest BCUT2D eigenvalue weighted by atomic mass is 16.4. The maximum atomic E-state index is 11.5. The van der Waals surface area contributed by atoms with Gasteiger partial charge in [-0.05, 0) is 37.8 Å². The molecular weight excluding hydrogens is 250 g/mol. The van der Waals surface area contributed by atoms with E-state index in [1.807, 2.05) is 19.1 Å². The second-order valence-electron chi connectivity index (χ2n) is 5.84. The SMILES string of the molecule is CCC(CC)N(CC(C)C)c1ccc(C)cc1C(=O)O. The van der Waals surface area contributed by atoms with Gasteiger partial charge in [0.1, 0.15) is 0 Å². The van der Waals surface area contributed by atoms with Crippen LogP contribution in [0.5, 0.6) is 0 Å². The van der Waals surface area contributed by atoms with Gasteiger partial charge in [0.15, 0.2) is 0 Å². The fourth-order valence-electron chi connectivity index (χ4n) is 2.64. The van der Waals surface area contributed by atoms with Crippen LogP contribution in [-0.2, 0) is 0 Å². The normalized spacial score (nSPS) is 11.2. The van der Waals surface area contributed by atoms with Crippen LogP contribution in [0.4, 0.5) is 5.69 Å². The van der Waals surface area contributed by atoms with E-state index in [2.05, 4.69) is 32.6 Å². The van der Waals surface area contributed by atoms with Crippen LogP contribution in [0, 0.1) is 12.8 Å². The molecule has 0 aliphatic heterocycles. The lowest BCUT2D eigenvalue weighted by Gasteiger charge is -2.35. The molecule has 0 spiro atoms. The molecule has 0 aliphatic carbocycles. The summed E-state index contributed by atoms with van der Waals surface area (Å²) in [5, 5.41) is 9.47. The lowest BCUT2D eigenvalue weighted by molar-refractivity contribution is 0.0697. The first-order valence-corrected chi connectivity index (χ1v) is 7.51. The third kappa shape index (κ3) is 3.99. The maximum Gasteiger partial charge on any atom is 0.337 e. The van der Waals surface area contributed by atoms with Gasteiger partial charge < -0.3 is 10.0 Å². The summed E-state index contributed by atoms with van der Waals surface area (Å²) in [4.78, 5) is 13.8. The molecule has 1 aromatic rings. The Morgan fingerprint density at radius 3 is 2.30 bits per heavy atom. The van der Waals surface area contributed by atoms with Crippen molar-refractivity contribution in [2.24, 2.45) is 5.92 Å². The first kappa shape index (κ1) is 16.5. The van der Waals surface area contributed by atoms with Crippen molar-refractivity contribution >= 4 is 11.7 Å². The van der Waals surface area contributed by atoms with E-state index in [1.165, 1.54) is 0 Å². The number of carboxylic acid groups (broad SMARTS) is 1. The van der Waals surface area contributed by atoms with Crippen LogP contribution in [0.25, 0.3) is 0 Å². The van der Waals surface area contributed by atoms with Crippen LogP contribution in [0.3, 0.4) is 0 Å². The van der Waals surface area contributed by atoms with Crippen LogP contribution in [0.2, 0.25) is 0 Å². The molecule has 3 nitrogen and oxygen atoms in total. The third-order valence-corrected chi connectivity index (χ3v) is 3.64. The molecule has 0 bridgehead atoms. The molecule has 1 rings (SSSR count). The minimum absolute atomic E-state index is 0.387. The average molecular weight is 277 g/mol. The second kappa shape index (κ2) is 7.32. The number of aromatic carboxylic acids is 1. The quantitative estimate of drug-likeness (QED) is 0.805. The summed E-state index contributed by atoms with van der Waals surface area (Å²) in [5.74, 6) is -0.345. The number of benzene rings is 1. The van der Waals surface area contributed by atoms with Gasteiger partial charge >= 0.3 is 5.97 Å². The molecule has 0 unspecified atom stereocenters. The van der Waals surface area contributed by atoms with Gasteiger partial charge in [0.25, 0.3) is 0 Å². The lowest BCUT2D eigenvalue weighted by atomic mass is 10.0. The predicted octanol–water partition coefficient (Wildman–Crippen LogP) is 4.34. The minimum Gasteiger partial charge on any atom is -0.478 e. The summed E-state index contributed by atoms with van der Waals surface area (Å²) < 4.78 is 0. The smallest absolute Gasteiger partial charge is 0.337 e. The van der Waals surface area contributed by atoms with Gasteiger partial charge in [0.2, 0.25) is 0 Å². The largest absolute Gasteiger partial charge is 0.478 e. The summed E-state index contributed by atoms with van der Waals surface area (Å²) in [6.45, 7) is 11.5. The zero-order valence-electron chi connectivity index (χ0n) is 13.3. The molecule has 0 heterocycles. The monoisotopic (exact) mass is 277 g/mol. The number of carbonyl (C=O) groups is 1. The number of rotatable bonds is 7. The molecule has 0 saturated heterocycles. The molecule has 1 N–H and O–H groups in total. The number of carboxylic acids is 1. The number of hydrogen-bond acceptors (Lipinski definition) is 2. The summed E-state index contributed by atoms with van der Waals surface area (Å²) in [7, 11) is 0.